The number of fused-ring (bicyclic) bond motifs is 5. The Hall–Kier alpha value is -2.84. The van der Waals surface area contributed by atoms with E-state index in [1.165, 1.54) is 23.3 Å². The number of rotatable bonds is 3. The minimum absolute atomic E-state index is 0.0526. The molecule has 2 aromatic carbocycles. The molecule has 160 valence electrons. The first-order chi connectivity index (χ1) is 14.8. The smallest absolute Gasteiger partial charge is 0.269 e. The number of ether oxygens (including phenoxy) is 1. The summed E-state index contributed by atoms with van der Waals surface area (Å²) in [5.74, 6) is 5.63. The molecule has 5 nitrogen and oxygen atoms in total. The molecule has 2 fully saturated rings. The molecular weight excluding hydrogens is 390 g/mol. The molecule has 0 radical (unpaired) electrons. The number of non-ortho nitro benzene ring substituents is 1. The van der Waals surface area contributed by atoms with Gasteiger partial charge in [-0.15, -0.1) is 6.42 Å². The molecule has 0 amide bonds. The van der Waals surface area contributed by atoms with E-state index in [0.717, 1.165) is 37.9 Å². The van der Waals surface area contributed by atoms with E-state index in [1.54, 1.807) is 12.1 Å². The second-order valence-corrected chi connectivity index (χ2v) is 9.63. The third-order valence-electron chi connectivity index (χ3n) is 8.37. The van der Waals surface area contributed by atoms with Crippen LogP contribution < -0.4 is 4.74 Å². The fourth-order valence-electron chi connectivity index (χ4n) is 6.65. The summed E-state index contributed by atoms with van der Waals surface area (Å²) in [6.07, 6.45) is 11.6. The van der Waals surface area contributed by atoms with Gasteiger partial charge in [-0.2, -0.15) is 0 Å². The van der Waals surface area contributed by atoms with Crippen LogP contribution in [0, 0.1) is 39.7 Å². The average molecular weight is 418 g/mol. The van der Waals surface area contributed by atoms with Crippen molar-refractivity contribution in [2.45, 2.75) is 57.0 Å². The van der Waals surface area contributed by atoms with E-state index in [4.69, 9.17) is 11.2 Å². The molecule has 2 saturated carbocycles. The maximum atomic E-state index is 11.1. The monoisotopic (exact) mass is 417 g/mol. The Balaban J connectivity index is 1.37. The van der Waals surface area contributed by atoms with Gasteiger partial charge in [-0.1, -0.05) is 18.9 Å². The Morgan fingerprint density at radius 2 is 1.87 bits per heavy atom. The highest BCUT2D eigenvalue weighted by molar-refractivity contribution is 5.44. The SMILES string of the molecule is C#C[C@]1(O)CC[C@H]2[C@H]3CCc4cc(Oc5ccc([N+](=O)[O-])cc5)ccc4[C@@H]3CC[C@]21C. The second kappa shape index (κ2) is 7.10. The predicted molar refractivity (Wildman–Crippen MR) is 118 cm³/mol. The van der Waals surface area contributed by atoms with Crippen molar-refractivity contribution in [3.05, 3.63) is 63.7 Å². The van der Waals surface area contributed by atoms with Crippen molar-refractivity contribution in [3.8, 4) is 23.8 Å². The van der Waals surface area contributed by atoms with Crippen molar-refractivity contribution in [1.29, 1.82) is 0 Å². The van der Waals surface area contributed by atoms with Crippen molar-refractivity contribution in [3.63, 3.8) is 0 Å². The first-order valence-electron chi connectivity index (χ1n) is 11.1. The van der Waals surface area contributed by atoms with Crippen LogP contribution in [0.25, 0.3) is 0 Å². The van der Waals surface area contributed by atoms with Crippen LogP contribution in [0.15, 0.2) is 42.5 Å². The fraction of sp³-hybridized carbons (Fsp3) is 0.462. The number of hydrogen-bond acceptors (Lipinski definition) is 4. The molecule has 0 spiro atoms. The molecule has 0 saturated heterocycles. The average Bonchev–Trinajstić information content (AvgIpc) is 3.05. The Bertz CT molecular complexity index is 1070. The first kappa shape index (κ1) is 20.1. The molecule has 5 rings (SSSR count). The lowest BCUT2D eigenvalue weighted by molar-refractivity contribution is -0.384. The van der Waals surface area contributed by atoms with Gasteiger partial charge in [0.1, 0.15) is 17.1 Å². The Kier molecular flexibility index (Phi) is 4.60. The molecule has 1 N–H and O–H groups in total. The van der Waals surface area contributed by atoms with Gasteiger partial charge in [0.15, 0.2) is 0 Å². The topological polar surface area (TPSA) is 72.6 Å². The molecule has 3 aliphatic carbocycles. The minimum atomic E-state index is -0.967. The molecule has 0 heterocycles. The Labute approximate surface area is 182 Å². The van der Waals surface area contributed by atoms with Gasteiger partial charge in [-0.05, 0) is 91.7 Å². The summed E-state index contributed by atoms with van der Waals surface area (Å²) in [6, 6.07) is 12.5. The van der Waals surface area contributed by atoms with E-state index >= 15 is 0 Å². The molecule has 3 aliphatic rings. The lowest BCUT2D eigenvalue weighted by Gasteiger charge is -2.52. The zero-order valence-corrected chi connectivity index (χ0v) is 17.7. The number of aliphatic hydroxyl groups is 1. The fourth-order valence-corrected chi connectivity index (χ4v) is 6.65. The number of nitro groups is 1. The van der Waals surface area contributed by atoms with Crippen molar-refractivity contribution in [1.82, 2.24) is 0 Å². The summed E-state index contributed by atoms with van der Waals surface area (Å²) in [7, 11) is 0. The van der Waals surface area contributed by atoms with Crippen LogP contribution in [0.4, 0.5) is 5.69 Å². The van der Waals surface area contributed by atoms with E-state index in [9.17, 15) is 15.2 Å². The molecule has 0 aliphatic heterocycles. The van der Waals surface area contributed by atoms with Gasteiger partial charge in [0.25, 0.3) is 5.69 Å². The number of nitro benzene ring substituents is 1. The highest BCUT2D eigenvalue weighted by atomic mass is 16.6. The van der Waals surface area contributed by atoms with Gasteiger partial charge in [-0.3, -0.25) is 10.1 Å². The second-order valence-electron chi connectivity index (χ2n) is 9.63. The standard InChI is InChI=1S/C26H27NO4/c1-3-26(28)15-13-24-23-10-4-17-16-20(31-19-7-5-18(6-8-19)27(29)30)9-11-21(17)22(23)12-14-25(24,26)2/h1,5-9,11,16,22-24,28H,4,10,12-15H2,2H3/t22-,23-,24-,25+,26-/m0/s1. The Morgan fingerprint density at radius 1 is 1.13 bits per heavy atom. The van der Waals surface area contributed by atoms with Gasteiger partial charge in [0.05, 0.1) is 4.92 Å². The third kappa shape index (κ3) is 3.04. The van der Waals surface area contributed by atoms with Gasteiger partial charge in [0, 0.05) is 17.5 Å². The molecule has 0 bridgehead atoms. The largest absolute Gasteiger partial charge is 0.457 e. The lowest BCUT2D eigenvalue weighted by Crippen LogP contribution is -2.50. The van der Waals surface area contributed by atoms with Crippen LogP contribution in [0.2, 0.25) is 0 Å². The number of terminal acetylenes is 1. The number of aryl methyl sites for hydroxylation is 1. The summed E-state index contributed by atoms with van der Waals surface area (Å²) in [6.45, 7) is 2.21. The van der Waals surface area contributed by atoms with E-state index in [-0.39, 0.29) is 11.1 Å². The van der Waals surface area contributed by atoms with Gasteiger partial charge in [-0.25, -0.2) is 0 Å². The normalized spacial score (nSPS) is 33.5. The molecule has 5 atom stereocenters. The highest BCUT2D eigenvalue weighted by Gasteiger charge is 2.61. The Morgan fingerprint density at radius 3 is 2.58 bits per heavy atom. The summed E-state index contributed by atoms with van der Waals surface area (Å²) < 4.78 is 5.96. The first-order valence-corrected chi connectivity index (χ1v) is 11.1. The van der Waals surface area contributed by atoms with Crippen molar-refractivity contribution < 1.29 is 14.8 Å². The zero-order valence-electron chi connectivity index (χ0n) is 17.7. The lowest BCUT2D eigenvalue weighted by atomic mass is 9.53. The summed E-state index contributed by atoms with van der Waals surface area (Å²) >= 11 is 0. The molecular formula is C26H27NO4. The molecule has 0 aromatic heterocycles. The number of hydrogen-bond donors (Lipinski definition) is 1. The highest BCUT2D eigenvalue weighted by Crippen LogP contribution is 2.64. The molecule has 31 heavy (non-hydrogen) atoms. The zero-order chi connectivity index (χ0) is 21.8. The summed E-state index contributed by atoms with van der Waals surface area (Å²) in [5, 5.41) is 21.9. The maximum Gasteiger partial charge on any atom is 0.269 e. The van der Waals surface area contributed by atoms with Gasteiger partial charge < -0.3 is 9.84 Å². The number of nitrogens with zero attached hydrogens (tertiary/aromatic N) is 1. The summed E-state index contributed by atoms with van der Waals surface area (Å²) in [5.41, 5.74) is 1.64. The van der Waals surface area contributed by atoms with Crippen LogP contribution in [-0.2, 0) is 6.42 Å². The number of benzene rings is 2. The van der Waals surface area contributed by atoms with Crippen molar-refractivity contribution in [2.75, 3.05) is 0 Å². The molecule has 0 unspecified atom stereocenters. The third-order valence-corrected chi connectivity index (χ3v) is 8.37. The van der Waals surface area contributed by atoms with Crippen LogP contribution in [0.5, 0.6) is 11.5 Å². The van der Waals surface area contributed by atoms with E-state index in [1.807, 2.05) is 6.07 Å². The van der Waals surface area contributed by atoms with Crippen molar-refractivity contribution >= 4 is 5.69 Å². The van der Waals surface area contributed by atoms with E-state index in [0.29, 0.717) is 29.9 Å². The quantitative estimate of drug-likeness (QED) is 0.400. The summed E-state index contributed by atoms with van der Waals surface area (Å²) in [4.78, 5) is 10.4. The van der Waals surface area contributed by atoms with E-state index < -0.39 is 10.5 Å². The minimum Gasteiger partial charge on any atom is -0.457 e. The molecule has 5 heteroatoms. The van der Waals surface area contributed by atoms with Crippen molar-refractivity contribution in [2.24, 2.45) is 17.3 Å². The van der Waals surface area contributed by atoms with Crippen LogP contribution >= 0.6 is 0 Å². The predicted octanol–water partition coefficient (Wildman–Crippen LogP) is 5.61. The van der Waals surface area contributed by atoms with E-state index in [2.05, 4.69) is 25.0 Å². The van der Waals surface area contributed by atoms with Crippen LogP contribution in [0.1, 0.15) is 56.1 Å². The maximum absolute atomic E-state index is 11.1. The van der Waals surface area contributed by atoms with Gasteiger partial charge >= 0.3 is 0 Å². The van der Waals surface area contributed by atoms with Crippen LogP contribution in [-0.4, -0.2) is 15.6 Å². The van der Waals surface area contributed by atoms with Crippen LogP contribution in [0.3, 0.4) is 0 Å². The molecule has 2 aromatic rings. The van der Waals surface area contributed by atoms with Gasteiger partial charge in [0.2, 0.25) is 0 Å².